The smallest absolute Gasteiger partial charge is 0.253 e. The highest BCUT2D eigenvalue weighted by Crippen LogP contribution is 2.23. The Bertz CT molecular complexity index is 943. The zero-order chi connectivity index (χ0) is 17.9. The van der Waals surface area contributed by atoms with Crippen molar-refractivity contribution >= 4 is 17.2 Å². The lowest BCUT2D eigenvalue weighted by Crippen LogP contribution is -2.51. The molecule has 26 heavy (non-hydrogen) atoms. The summed E-state index contributed by atoms with van der Waals surface area (Å²) < 4.78 is 0. The summed E-state index contributed by atoms with van der Waals surface area (Å²) in [5, 5.41) is 3.08. The first kappa shape index (κ1) is 16.3. The van der Waals surface area contributed by atoms with E-state index in [9.17, 15) is 9.59 Å². The topological polar surface area (TPSA) is 78.4 Å². The Morgan fingerprint density at radius 2 is 1.54 bits per heavy atom. The third kappa shape index (κ3) is 3.03. The van der Waals surface area contributed by atoms with Crippen LogP contribution >= 0.6 is 0 Å². The summed E-state index contributed by atoms with van der Waals surface area (Å²) in [4.78, 5) is 36.9. The van der Waals surface area contributed by atoms with Crippen molar-refractivity contribution in [1.82, 2.24) is 9.97 Å². The van der Waals surface area contributed by atoms with E-state index in [1.807, 2.05) is 41.3 Å². The van der Waals surface area contributed by atoms with Gasteiger partial charge in [0.1, 0.15) is 17.2 Å². The first-order valence-corrected chi connectivity index (χ1v) is 8.62. The molecular weight excluding hydrogens is 330 g/mol. The van der Waals surface area contributed by atoms with Gasteiger partial charge in [0, 0.05) is 38.6 Å². The third-order valence-electron chi connectivity index (χ3n) is 4.63. The van der Waals surface area contributed by atoms with Gasteiger partial charge in [0.2, 0.25) is 0 Å². The number of nitrogens with one attached hydrogen (secondary N) is 1. The van der Waals surface area contributed by atoms with Crippen LogP contribution in [0.5, 0.6) is 0 Å². The zero-order valence-electron chi connectivity index (χ0n) is 14.3. The summed E-state index contributed by atoms with van der Waals surface area (Å²) >= 11 is 0. The van der Waals surface area contributed by atoms with Crippen molar-refractivity contribution in [2.24, 2.45) is 0 Å². The van der Waals surface area contributed by atoms with Crippen molar-refractivity contribution in [1.29, 1.82) is 0 Å². The molecular formula is C19H19N5O2. The summed E-state index contributed by atoms with van der Waals surface area (Å²) in [7, 11) is 0. The van der Waals surface area contributed by atoms with Crippen LogP contribution in [-0.4, -0.2) is 36.1 Å². The van der Waals surface area contributed by atoms with E-state index in [2.05, 4.69) is 20.2 Å². The van der Waals surface area contributed by atoms with Crippen LogP contribution < -0.4 is 26.0 Å². The minimum Gasteiger partial charge on any atom is -0.374 e. The van der Waals surface area contributed by atoms with Crippen LogP contribution in [0.4, 0.5) is 17.2 Å². The number of hydrogen-bond acceptors (Lipinski definition) is 7. The van der Waals surface area contributed by atoms with E-state index in [0.717, 1.165) is 24.6 Å². The van der Waals surface area contributed by atoms with Gasteiger partial charge in [-0.15, -0.1) is 0 Å². The molecule has 2 aromatic heterocycles. The monoisotopic (exact) mass is 349 g/mol. The van der Waals surface area contributed by atoms with E-state index in [0.29, 0.717) is 31.0 Å². The molecule has 1 N–H and O–H groups in total. The van der Waals surface area contributed by atoms with Crippen molar-refractivity contribution in [3.05, 3.63) is 74.9 Å². The maximum absolute atomic E-state index is 12.1. The van der Waals surface area contributed by atoms with Gasteiger partial charge in [0.15, 0.2) is 0 Å². The number of nitrogens with zero attached hydrogens (tertiary/aromatic N) is 4. The molecule has 1 fully saturated rings. The summed E-state index contributed by atoms with van der Waals surface area (Å²) in [5.74, 6) is 0.936. The maximum atomic E-state index is 12.1. The lowest BCUT2D eigenvalue weighted by molar-refractivity contribution is 0.644. The fourth-order valence-electron chi connectivity index (χ4n) is 3.23. The molecule has 1 aliphatic heterocycles. The first-order valence-electron chi connectivity index (χ1n) is 8.62. The Kier molecular flexibility index (Phi) is 4.35. The Morgan fingerprint density at radius 1 is 0.846 bits per heavy atom. The van der Waals surface area contributed by atoms with E-state index in [1.165, 1.54) is 0 Å². The van der Waals surface area contributed by atoms with E-state index in [4.69, 9.17) is 0 Å². The molecule has 132 valence electrons. The Labute approximate surface area is 150 Å². The van der Waals surface area contributed by atoms with Crippen LogP contribution in [-0.2, 0) is 6.54 Å². The molecule has 0 amide bonds. The van der Waals surface area contributed by atoms with Gasteiger partial charge in [-0.25, -0.2) is 4.98 Å². The molecule has 1 saturated heterocycles. The Morgan fingerprint density at radius 3 is 2.19 bits per heavy atom. The second-order valence-electron chi connectivity index (χ2n) is 6.22. The summed E-state index contributed by atoms with van der Waals surface area (Å²) in [5.41, 5.74) is 0.896. The molecule has 0 bridgehead atoms. The average Bonchev–Trinajstić information content (AvgIpc) is 2.72. The molecule has 0 saturated carbocycles. The average molecular weight is 349 g/mol. The molecule has 0 spiro atoms. The van der Waals surface area contributed by atoms with E-state index in [1.54, 1.807) is 12.4 Å². The normalized spacial score (nSPS) is 14.6. The first-order chi connectivity index (χ1) is 12.7. The molecule has 7 nitrogen and oxygen atoms in total. The van der Waals surface area contributed by atoms with Crippen molar-refractivity contribution in [2.45, 2.75) is 6.54 Å². The number of anilines is 3. The van der Waals surface area contributed by atoms with Crippen LogP contribution in [0.3, 0.4) is 0 Å². The summed E-state index contributed by atoms with van der Waals surface area (Å²) in [6.45, 7) is 3.30. The van der Waals surface area contributed by atoms with Gasteiger partial charge in [-0.05, 0) is 24.3 Å². The molecule has 3 heterocycles. The second-order valence-corrected chi connectivity index (χ2v) is 6.22. The van der Waals surface area contributed by atoms with Gasteiger partial charge in [-0.1, -0.05) is 12.1 Å². The fourth-order valence-corrected chi connectivity index (χ4v) is 3.23. The van der Waals surface area contributed by atoms with Crippen LogP contribution in [0.15, 0.2) is 58.4 Å². The van der Waals surface area contributed by atoms with Gasteiger partial charge in [-0.2, -0.15) is 0 Å². The van der Waals surface area contributed by atoms with Crippen LogP contribution in [0.25, 0.3) is 0 Å². The van der Waals surface area contributed by atoms with E-state index < -0.39 is 10.9 Å². The molecule has 7 heteroatoms. The SMILES string of the molecule is O=c1c(NCc2ccccn2)c(N2CCN(c3ccccn3)CC2)c1=O. The molecule has 0 atom stereocenters. The lowest BCUT2D eigenvalue weighted by atomic mass is 10.1. The number of hydrogen-bond donors (Lipinski definition) is 1. The quantitative estimate of drug-likeness (QED) is 0.689. The van der Waals surface area contributed by atoms with Crippen molar-refractivity contribution in [3.8, 4) is 0 Å². The van der Waals surface area contributed by atoms with Crippen LogP contribution in [0.2, 0.25) is 0 Å². The Hall–Kier alpha value is -3.22. The van der Waals surface area contributed by atoms with Crippen molar-refractivity contribution in [3.63, 3.8) is 0 Å². The van der Waals surface area contributed by atoms with E-state index >= 15 is 0 Å². The molecule has 0 aliphatic carbocycles. The molecule has 1 aliphatic rings. The highest BCUT2D eigenvalue weighted by atomic mass is 16.2. The standard InChI is InChI=1S/C19H19N5O2/c25-18-16(22-13-14-5-1-3-7-20-14)17(19(18)26)24-11-9-23(10-12-24)15-6-2-4-8-21-15/h1-8,22H,9-13H2. The minimum atomic E-state index is -0.442. The Balaban J connectivity index is 1.43. The highest BCUT2D eigenvalue weighted by molar-refractivity contribution is 5.75. The molecule has 0 radical (unpaired) electrons. The maximum Gasteiger partial charge on any atom is 0.253 e. The van der Waals surface area contributed by atoms with Gasteiger partial charge >= 0.3 is 0 Å². The zero-order valence-corrected chi connectivity index (χ0v) is 14.3. The summed E-state index contributed by atoms with van der Waals surface area (Å²) in [6.07, 6.45) is 3.48. The summed E-state index contributed by atoms with van der Waals surface area (Å²) in [6, 6.07) is 11.4. The number of aromatic nitrogens is 2. The van der Waals surface area contributed by atoms with Crippen LogP contribution in [0.1, 0.15) is 5.69 Å². The van der Waals surface area contributed by atoms with E-state index in [-0.39, 0.29) is 0 Å². The molecule has 0 unspecified atom stereocenters. The molecule has 4 rings (SSSR count). The third-order valence-corrected chi connectivity index (χ3v) is 4.63. The van der Waals surface area contributed by atoms with Gasteiger partial charge < -0.3 is 15.1 Å². The van der Waals surface area contributed by atoms with Crippen molar-refractivity contribution in [2.75, 3.05) is 41.3 Å². The van der Waals surface area contributed by atoms with Gasteiger partial charge in [0.25, 0.3) is 10.9 Å². The van der Waals surface area contributed by atoms with Gasteiger partial charge in [0.05, 0.1) is 12.2 Å². The minimum absolute atomic E-state index is 0.403. The highest BCUT2D eigenvalue weighted by Gasteiger charge is 2.28. The lowest BCUT2D eigenvalue weighted by Gasteiger charge is -2.37. The van der Waals surface area contributed by atoms with Crippen molar-refractivity contribution < 1.29 is 0 Å². The van der Waals surface area contributed by atoms with Gasteiger partial charge in [-0.3, -0.25) is 14.6 Å². The molecule has 1 aromatic carbocycles. The number of pyridine rings is 2. The van der Waals surface area contributed by atoms with Crippen LogP contribution in [0, 0.1) is 0 Å². The second kappa shape index (κ2) is 6.95. The fraction of sp³-hybridized carbons (Fsp3) is 0.263. The predicted molar refractivity (Wildman–Crippen MR) is 102 cm³/mol. The number of piperazine rings is 1. The molecule has 3 aromatic rings. The largest absolute Gasteiger partial charge is 0.374 e. The number of rotatable bonds is 5. The predicted octanol–water partition coefficient (Wildman–Crippen LogP) is 1.01.